The van der Waals surface area contributed by atoms with Crippen molar-refractivity contribution in [1.29, 1.82) is 0 Å². The van der Waals surface area contributed by atoms with E-state index in [1.54, 1.807) is 30.3 Å². The van der Waals surface area contributed by atoms with Crippen molar-refractivity contribution in [3.8, 4) is 0 Å². The average Bonchev–Trinajstić information content (AvgIpc) is 2.70. The number of aryl methyl sites for hydroxylation is 1. The lowest BCUT2D eigenvalue weighted by atomic mass is 10.0. The Balaban J connectivity index is 1.90. The number of para-hydroxylation sites is 1. The van der Waals surface area contributed by atoms with Crippen LogP contribution in [0.15, 0.2) is 54.6 Å². The molecule has 0 aliphatic heterocycles. The Bertz CT molecular complexity index is 879. The Hall–Kier alpha value is -2.38. The molecule has 1 N–H and O–H groups in total. The van der Waals surface area contributed by atoms with Crippen molar-refractivity contribution in [2.75, 3.05) is 31.5 Å². The fourth-order valence-electron chi connectivity index (χ4n) is 2.87. The Kier molecular flexibility index (Phi) is 8.22. The fraction of sp³-hybridized carbons (Fsp3) is 0.409. The highest BCUT2D eigenvalue weighted by Crippen LogP contribution is 2.18. The predicted molar refractivity (Wildman–Crippen MR) is 118 cm³/mol. The smallest absolute Gasteiger partial charge is 0.304 e. The van der Waals surface area contributed by atoms with E-state index in [1.165, 1.54) is 25.2 Å². The van der Waals surface area contributed by atoms with Crippen LogP contribution in [0.2, 0.25) is 0 Å². The van der Waals surface area contributed by atoms with Gasteiger partial charge in [-0.3, -0.25) is 4.79 Å². The fourth-order valence-corrected chi connectivity index (χ4v) is 3.94. The van der Waals surface area contributed by atoms with E-state index >= 15 is 0 Å². The molecule has 0 saturated heterocycles. The molecule has 0 aliphatic rings. The molecule has 158 valence electrons. The van der Waals surface area contributed by atoms with Gasteiger partial charge in [-0.15, -0.1) is 0 Å². The molecular formula is C22H31N3O3S. The molecule has 29 heavy (non-hydrogen) atoms. The minimum atomic E-state index is -3.77. The normalized spacial score (nSPS) is 11.7. The van der Waals surface area contributed by atoms with Gasteiger partial charge in [0, 0.05) is 20.6 Å². The third-order valence-corrected chi connectivity index (χ3v) is 6.50. The minimum Gasteiger partial charge on any atom is -0.355 e. The zero-order valence-corrected chi connectivity index (χ0v) is 18.4. The molecule has 1 amide bonds. The highest BCUT2D eigenvalue weighted by molar-refractivity contribution is 7.90. The number of anilines is 1. The van der Waals surface area contributed by atoms with Gasteiger partial charge in [0.2, 0.25) is 5.91 Å². The van der Waals surface area contributed by atoms with Gasteiger partial charge >= 0.3 is 10.2 Å². The highest BCUT2D eigenvalue weighted by Gasteiger charge is 2.26. The molecule has 0 fully saturated rings. The molecule has 2 rings (SSSR count). The molecule has 0 aromatic heterocycles. The summed E-state index contributed by atoms with van der Waals surface area (Å²) in [4.78, 5) is 12.4. The molecule has 2 aromatic carbocycles. The summed E-state index contributed by atoms with van der Waals surface area (Å²) in [6, 6.07) is 17.2. The number of rotatable bonds is 10. The molecule has 0 bridgehead atoms. The van der Waals surface area contributed by atoms with Crippen LogP contribution in [-0.2, 0) is 21.4 Å². The quantitative estimate of drug-likeness (QED) is 0.604. The number of nitrogens with one attached hydrogen (secondary N) is 1. The van der Waals surface area contributed by atoms with Crippen LogP contribution in [-0.4, -0.2) is 45.8 Å². The summed E-state index contributed by atoms with van der Waals surface area (Å²) < 4.78 is 27.5. The van der Waals surface area contributed by atoms with Crippen LogP contribution in [0.3, 0.4) is 0 Å². The van der Waals surface area contributed by atoms with E-state index in [2.05, 4.69) is 43.4 Å². The van der Waals surface area contributed by atoms with E-state index in [1.807, 2.05) is 0 Å². The predicted octanol–water partition coefficient (Wildman–Crippen LogP) is 3.17. The summed E-state index contributed by atoms with van der Waals surface area (Å²) in [5.74, 6) is 0.184. The van der Waals surface area contributed by atoms with Gasteiger partial charge in [0.25, 0.3) is 0 Å². The van der Waals surface area contributed by atoms with E-state index in [4.69, 9.17) is 0 Å². The first-order chi connectivity index (χ1) is 13.7. The Morgan fingerprint density at radius 3 is 2.17 bits per heavy atom. The van der Waals surface area contributed by atoms with Gasteiger partial charge in [-0.2, -0.15) is 12.7 Å². The van der Waals surface area contributed by atoms with Gasteiger partial charge < -0.3 is 5.32 Å². The lowest BCUT2D eigenvalue weighted by Gasteiger charge is -2.26. The topological polar surface area (TPSA) is 69.7 Å². The summed E-state index contributed by atoms with van der Waals surface area (Å²) in [6.45, 7) is 4.57. The summed E-state index contributed by atoms with van der Waals surface area (Å²) in [5, 5.41) is 2.83. The van der Waals surface area contributed by atoms with Crippen molar-refractivity contribution >= 4 is 21.8 Å². The molecule has 0 aliphatic carbocycles. The second-order valence-corrected chi connectivity index (χ2v) is 9.55. The molecule has 7 heteroatoms. The molecule has 0 saturated carbocycles. The van der Waals surface area contributed by atoms with Crippen LogP contribution < -0.4 is 9.62 Å². The van der Waals surface area contributed by atoms with Crippen LogP contribution in [0.1, 0.15) is 37.3 Å². The van der Waals surface area contributed by atoms with E-state index in [0.29, 0.717) is 18.2 Å². The molecule has 0 heterocycles. The molecule has 6 nitrogen and oxygen atoms in total. The average molecular weight is 418 g/mol. The number of nitrogens with zero attached hydrogens (tertiary/aromatic N) is 2. The summed E-state index contributed by atoms with van der Waals surface area (Å²) in [5.41, 5.74) is 3.00. The number of benzene rings is 2. The maximum atomic E-state index is 12.6. The van der Waals surface area contributed by atoms with Gasteiger partial charge in [0.05, 0.1) is 5.69 Å². The van der Waals surface area contributed by atoms with Crippen molar-refractivity contribution in [2.45, 2.75) is 32.6 Å². The monoisotopic (exact) mass is 417 g/mol. The van der Waals surface area contributed by atoms with Gasteiger partial charge in [-0.1, -0.05) is 56.3 Å². The second-order valence-electron chi connectivity index (χ2n) is 7.48. The number of carbonyl (C=O) groups is 1. The van der Waals surface area contributed by atoms with Gasteiger partial charge in [0.15, 0.2) is 0 Å². The first kappa shape index (κ1) is 22.9. The van der Waals surface area contributed by atoms with Crippen molar-refractivity contribution < 1.29 is 13.2 Å². The maximum Gasteiger partial charge on any atom is 0.304 e. The molecular weight excluding hydrogens is 386 g/mol. The van der Waals surface area contributed by atoms with Crippen molar-refractivity contribution in [3.05, 3.63) is 65.7 Å². The summed E-state index contributed by atoms with van der Waals surface area (Å²) >= 11 is 0. The zero-order valence-electron chi connectivity index (χ0n) is 17.6. The first-order valence-electron chi connectivity index (χ1n) is 9.82. The third kappa shape index (κ3) is 6.58. The van der Waals surface area contributed by atoms with Gasteiger partial charge in [0.1, 0.15) is 6.54 Å². The lowest BCUT2D eigenvalue weighted by Crippen LogP contribution is -2.46. The molecule has 0 radical (unpaired) electrons. The number of amides is 1. The van der Waals surface area contributed by atoms with Crippen molar-refractivity contribution in [1.82, 2.24) is 9.62 Å². The van der Waals surface area contributed by atoms with Crippen LogP contribution in [0.25, 0.3) is 0 Å². The van der Waals surface area contributed by atoms with Crippen molar-refractivity contribution in [2.24, 2.45) is 0 Å². The lowest BCUT2D eigenvalue weighted by molar-refractivity contribution is -0.119. The Morgan fingerprint density at radius 2 is 1.62 bits per heavy atom. The number of hydrogen-bond acceptors (Lipinski definition) is 3. The largest absolute Gasteiger partial charge is 0.355 e. The van der Waals surface area contributed by atoms with Crippen LogP contribution in [0.5, 0.6) is 0 Å². The van der Waals surface area contributed by atoms with E-state index in [9.17, 15) is 13.2 Å². The molecule has 0 spiro atoms. The van der Waals surface area contributed by atoms with Crippen molar-refractivity contribution in [3.63, 3.8) is 0 Å². The SMILES string of the molecule is CC(C)c1ccc(CCCNC(=O)CN(c2ccccc2)S(=O)(=O)N(C)C)cc1. The molecule has 0 unspecified atom stereocenters. The second kappa shape index (κ2) is 10.4. The maximum absolute atomic E-state index is 12.6. The van der Waals surface area contributed by atoms with Gasteiger partial charge in [-0.25, -0.2) is 4.31 Å². The van der Waals surface area contributed by atoms with Crippen LogP contribution in [0.4, 0.5) is 5.69 Å². The van der Waals surface area contributed by atoms with Crippen LogP contribution in [0, 0.1) is 0 Å². The standard InChI is InChI=1S/C22H31N3O3S/c1-18(2)20-14-12-19(13-15-20)9-8-16-23-22(26)17-25(29(27,28)24(3)4)21-10-6-5-7-11-21/h5-7,10-15,18H,8-9,16-17H2,1-4H3,(H,23,26). The number of hydrogen-bond donors (Lipinski definition) is 1. The van der Waals surface area contributed by atoms with Gasteiger partial charge in [-0.05, 0) is 42.0 Å². The zero-order chi connectivity index (χ0) is 21.4. The number of carbonyl (C=O) groups excluding carboxylic acids is 1. The first-order valence-corrected chi connectivity index (χ1v) is 11.2. The Labute approximate surface area is 174 Å². The van der Waals surface area contributed by atoms with E-state index in [0.717, 1.165) is 21.5 Å². The molecule has 2 aromatic rings. The highest BCUT2D eigenvalue weighted by atomic mass is 32.2. The summed E-state index contributed by atoms with van der Waals surface area (Å²) in [6.07, 6.45) is 1.65. The van der Waals surface area contributed by atoms with Crippen LogP contribution >= 0.6 is 0 Å². The van der Waals surface area contributed by atoms with E-state index < -0.39 is 10.2 Å². The minimum absolute atomic E-state index is 0.256. The molecule has 0 atom stereocenters. The third-order valence-electron chi connectivity index (χ3n) is 4.68. The van der Waals surface area contributed by atoms with E-state index in [-0.39, 0.29) is 12.5 Å². The Morgan fingerprint density at radius 1 is 1.00 bits per heavy atom. The summed E-state index contributed by atoms with van der Waals surface area (Å²) in [7, 11) is -0.862.